The molecule has 0 aromatic heterocycles. The Balaban J connectivity index is -0.000000218. The Bertz CT molecular complexity index is 313. The van der Waals surface area contributed by atoms with E-state index in [0.717, 1.165) is 24.4 Å². The van der Waals surface area contributed by atoms with E-state index in [2.05, 4.69) is 67.5 Å². The van der Waals surface area contributed by atoms with Crippen LogP contribution in [0.5, 0.6) is 0 Å². The van der Waals surface area contributed by atoms with Crippen molar-refractivity contribution in [2.75, 3.05) is 7.11 Å². The van der Waals surface area contributed by atoms with Gasteiger partial charge in [-0.15, -0.1) is 0 Å². The number of hydrogen-bond donors (Lipinski definition) is 1. The molecule has 0 amide bonds. The van der Waals surface area contributed by atoms with Gasteiger partial charge in [0, 0.05) is 7.11 Å². The Morgan fingerprint density at radius 1 is 0.727 bits per heavy atom. The maximum absolute atomic E-state index is 7.00. The highest BCUT2D eigenvalue weighted by Gasteiger charge is 2.38. The van der Waals surface area contributed by atoms with Crippen LogP contribution in [0.3, 0.4) is 0 Å². The van der Waals surface area contributed by atoms with Gasteiger partial charge < -0.3 is 5.11 Å². The van der Waals surface area contributed by atoms with Crippen LogP contribution in [0.4, 0.5) is 0 Å². The SMILES string of the molecule is C/C=C\C(CCC)C1CCC2(CCCC2)CC1.CC.CCC.CCCC.CCCCC.CO. The molecule has 0 saturated heterocycles. The van der Waals surface area contributed by atoms with E-state index in [1.165, 1.54) is 89.9 Å². The van der Waals surface area contributed by atoms with Crippen LogP contribution in [0.25, 0.3) is 0 Å². The maximum atomic E-state index is 7.00. The molecule has 2 aliphatic rings. The smallest absolute Gasteiger partial charge is 0.0319 e. The minimum Gasteiger partial charge on any atom is -0.400 e. The average Bonchev–Trinajstić information content (AvgIpc) is 3.31. The van der Waals surface area contributed by atoms with Crippen LogP contribution in [-0.2, 0) is 0 Å². The van der Waals surface area contributed by atoms with Gasteiger partial charge >= 0.3 is 0 Å². The highest BCUT2D eigenvalue weighted by atomic mass is 16.2. The molecule has 1 heteroatoms. The molecule has 2 aliphatic carbocycles. The van der Waals surface area contributed by atoms with Crippen LogP contribution >= 0.6 is 0 Å². The summed E-state index contributed by atoms with van der Waals surface area (Å²) in [6.45, 7) is 21.6. The van der Waals surface area contributed by atoms with E-state index in [1.807, 2.05) is 13.8 Å². The molecule has 1 nitrogen and oxygen atoms in total. The summed E-state index contributed by atoms with van der Waals surface area (Å²) in [5, 5.41) is 7.00. The minimum atomic E-state index is 0.809. The molecule has 0 aromatic rings. The molecule has 1 spiro atoms. The number of aliphatic hydroxyl groups is 1. The molecule has 1 atom stereocenters. The lowest BCUT2D eigenvalue weighted by molar-refractivity contribution is 0.131. The van der Waals surface area contributed by atoms with Crippen LogP contribution in [0, 0.1) is 17.3 Å². The Labute approximate surface area is 213 Å². The van der Waals surface area contributed by atoms with Gasteiger partial charge in [0.1, 0.15) is 0 Å². The number of hydrogen-bond acceptors (Lipinski definition) is 1. The van der Waals surface area contributed by atoms with Crippen LogP contribution < -0.4 is 0 Å². The second kappa shape index (κ2) is 33.9. The fourth-order valence-corrected chi connectivity index (χ4v) is 4.73. The first-order valence-electron chi connectivity index (χ1n) is 15.1. The largest absolute Gasteiger partial charge is 0.400 e. The predicted molar refractivity (Wildman–Crippen MR) is 157 cm³/mol. The third-order valence-electron chi connectivity index (χ3n) is 6.63. The minimum absolute atomic E-state index is 0.809. The number of rotatable bonds is 7. The van der Waals surface area contributed by atoms with Crippen molar-refractivity contribution in [1.29, 1.82) is 0 Å². The van der Waals surface area contributed by atoms with E-state index in [0.29, 0.717) is 0 Å². The third kappa shape index (κ3) is 24.6. The van der Waals surface area contributed by atoms with Crippen LogP contribution in [0.2, 0.25) is 0 Å². The summed E-state index contributed by atoms with van der Waals surface area (Å²) in [7, 11) is 1.00. The Morgan fingerprint density at radius 3 is 1.42 bits per heavy atom. The lowest BCUT2D eigenvalue weighted by Gasteiger charge is -2.39. The Hall–Kier alpha value is -0.300. The van der Waals surface area contributed by atoms with E-state index in [-0.39, 0.29) is 0 Å². The van der Waals surface area contributed by atoms with Gasteiger partial charge in [-0.3, -0.25) is 0 Å². The Morgan fingerprint density at radius 2 is 1.15 bits per heavy atom. The second-order valence-corrected chi connectivity index (χ2v) is 9.58. The first-order chi connectivity index (χ1) is 16.0. The molecular weight excluding hydrogens is 400 g/mol. The van der Waals surface area contributed by atoms with Crippen molar-refractivity contribution in [1.82, 2.24) is 0 Å². The molecule has 0 aliphatic heterocycles. The van der Waals surface area contributed by atoms with Gasteiger partial charge in [0.15, 0.2) is 0 Å². The van der Waals surface area contributed by atoms with Crippen molar-refractivity contribution in [2.45, 2.75) is 172 Å². The Kier molecular flexibility index (Phi) is 40.9. The summed E-state index contributed by atoms with van der Waals surface area (Å²) in [5.41, 5.74) is 0.809. The third-order valence-corrected chi connectivity index (χ3v) is 6.63. The fraction of sp³-hybridized carbons (Fsp3) is 0.938. The van der Waals surface area contributed by atoms with Crippen molar-refractivity contribution in [3.8, 4) is 0 Å². The fourth-order valence-electron chi connectivity index (χ4n) is 4.73. The van der Waals surface area contributed by atoms with Crippen LogP contribution in [-0.4, -0.2) is 12.2 Å². The lowest BCUT2D eigenvalue weighted by Crippen LogP contribution is -2.27. The van der Waals surface area contributed by atoms with Gasteiger partial charge in [-0.05, 0) is 69.1 Å². The molecule has 2 saturated carbocycles. The molecule has 0 bridgehead atoms. The monoisotopic (exact) mass is 471 g/mol. The zero-order valence-corrected chi connectivity index (χ0v) is 25.6. The van der Waals surface area contributed by atoms with Gasteiger partial charge in [-0.2, -0.15) is 0 Å². The molecule has 0 radical (unpaired) electrons. The number of aliphatic hydroxyl groups excluding tert-OH is 1. The summed E-state index contributed by atoms with van der Waals surface area (Å²) in [4.78, 5) is 0. The first-order valence-corrected chi connectivity index (χ1v) is 15.1. The maximum Gasteiger partial charge on any atom is 0.0319 e. The number of unbranched alkanes of at least 4 members (excludes halogenated alkanes) is 3. The topological polar surface area (TPSA) is 20.2 Å². The van der Waals surface area contributed by atoms with E-state index < -0.39 is 0 Å². The molecule has 1 unspecified atom stereocenters. The van der Waals surface area contributed by atoms with E-state index in [1.54, 1.807) is 12.8 Å². The van der Waals surface area contributed by atoms with Gasteiger partial charge in [-0.25, -0.2) is 0 Å². The van der Waals surface area contributed by atoms with Gasteiger partial charge in [0.05, 0.1) is 0 Å². The average molecular weight is 471 g/mol. The summed E-state index contributed by atoms with van der Waals surface area (Å²) < 4.78 is 0. The molecule has 1 N–H and O–H groups in total. The highest BCUT2D eigenvalue weighted by molar-refractivity contribution is 4.95. The van der Waals surface area contributed by atoms with Gasteiger partial charge in [0.25, 0.3) is 0 Å². The van der Waals surface area contributed by atoms with E-state index in [9.17, 15) is 0 Å². The zero-order chi connectivity index (χ0) is 26.4. The molecular formula is C32H70O. The van der Waals surface area contributed by atoms with Crippen LogP contribution in [0.15, 0.2) is 12.2 Å². The molecule has 204 valence electrons. The standard InChI is InChI=1S/C17H30.C5H12.C4H10.C3H8.C2H6.CH4O/c1-3-7-15(8-4-2)16-9-13-17(14-10-16)11-5-6-12-17;1-3-5-4-2;1-3-4-2;1-3-2;2*1-2/h3,7,15-16H,4-6,8-14H2,1-2H3;3-5H2,1-2H3;3-4H2,1-2H3;3H2,1-2H3;1-2H3;2H,1H3/b7-3-;;;;;. The lowest BCUT2D eigenvalue weighted by atomic mass is 9.66. The normalized spacial score (nSPS) is 17.0. The molecule has 2 rings (SSSR count). The quantitative estimate of drug-likeness (QED) is 0.367. The van der Waals surface area contributed by atoms with E-state index >= 15 is 0 Å². The zero-order valence-electron chi connectivity index (χ0n) is 25.6. The molecule has 2 fully saturated rings. The molecule has 0 heterocycles. The van der Waals surface area contributed by atoms with Crippen molar-refractivity contribution in [3.63, 3.8) is 0 Å². The molecule has 0 aromatic carbocycles. The second-order valence-electron chi connectivity index (χ2n) is 9.58. The van der Waals surface area contributed by atoms with Gasteiger partial charge in [-0.1, -0.05) is 132 Å². The number of allylic oxidation sites excluding steroid dienone is 2. The van der Waals surface area contributed by atoms with Crippen molar-refractivity contribution < 1.29 is 5.11 Å². The van der Waals surface area contributed by atoms with Gasteiger partial charge in [0.2, 0.25) is 0 Å². The van der Waals surface area contributed by atoms with E-state index in [4.69, 9.17) is 5.11 Å². The summed E-state index contributed by atoms with van der Waals surface area (Å²) in [5.74, 6) is 1.88. The van der Waals surface area contributed by atoms with Crippen molar-refractivity contribution in [2.24, 2.45) is 17.3 Å². The highest BCUT2D eigenvalue weighted by Crippen LogP contribution is 2.51. The molecule has 33 heavy (non-hydrogen) atoms. The van der Waals surface area contributed by atoms with Crippen molar-refractivity contribution in [3.05, 3.63) is 12.2 Å². The predicted octanol–water partition coefficient (Wildman–Crippen LogP) is 11.8. The summed E-state index contributed by atoms with van der Waals surface area (Å²) in [6, 6.07) is 0. The van der Waals surface area contributed by atoms with Crippen molar-refractivity contribution >= 4 is 0 Å². The summed E-state index contributed by atoms with van der Waals surface area (Å²) in [6.07, 6.45) is 27.7. The summed E-state index contributed by atoms with van der Waals surface area (Å²) >= 11 is 0. The first kappa shape index (κ1) is 39.9. The van der Waals surface area contributed by atoms with Crippen LogP contribution in [0.1, 0.15) is 172 Å².